The number of rotatable bonds is 3. The number of carbonyl (C=O) groups excluding carboxylic acids is 1. The Kier molecular flexibility index (Phi) is 3.54. The van der Waals surface area contributed by atoms with Gasteiger partial charge in [-0.05, 0) is 39.8 Å². The summed E-state index contributed by atoms with van der Waals surface area (Å²) in [6.45, 7) is 7.67. The Morgan fingerprint density at radius 1 is 1.16 bits per heavy atom. The van der Waals surface area contributed by atoms with Gasteiger partial charge in [0.2, 0.25) is 0 Å². The van der Waals surface area contributed by atoms with Gasteiger partial charge in [-0.3, -0.25) is 4.79 Å². The first-order valence-corrected chi connectivity index (χ1v) is 6.36. The second-order valence-electron chi connectivity index (χ2n) is 5.79. The van der Waals surface area contributed by atoms with Crippen LogP contribution in [0, 0.1) is 5.82 Å². The monoisotopic (exact) mass is 264 g/mol. The zero-order valence-electron chi connectivity index (χ0n) is 11.7. The van der Waals surface area contributed by atoms with Crippen LogP contribution in [-0.4, -0.2) is 24.1 Å². The third-order valence-corrected chi connectivity index (χ3v) is 3.83. The molecule has 19 heavy (non-hydrogen) atoms. The Morgan fingerprint density at radius 3 is 2.21 bits per heavy atom. The van der Waals surface area contributed by atoms with Gasteiger partial charge in [-0.2, -0.15) is 0 Å². The Morgan fingerprint density at radius 2 is 1.68 bits per heavy atom. The highest BCUT2D eigenvalue weighted by molar-refractivity contribution is 6.51. The lowest BCUT2D eigenvalue weighted by Gasteiger charge is -2.32. The fourth-order valence-electron chi connectivity index (χ4n) is 2.00. The predicted octanol–water partition coefficient (Wildman–Crippen LogP) is 3.10. The lowest BCUT2D eigenvalue weighted by atomic mass is 9.80. The molecule has 1 aromatic rings. The molecule has 1 fully saturated rings. The second-order valence-corrected chi connectivity index (χ2v) is 5.79. The van der Waals surface area contributed by atoms with Gasteiger partial charge < -0.3 is 9.31 Å². The van der Waals surface area contributed by atoms with Gasteiger partial charge in [0.15, 0.2) is 5.78 Å². The van der Waals surface area contributed by atoms with Gasteiger partial charge in [-0.1, -0.05) is 12.1 Å². The first kappa shape index (κ1) is 14.2. The highest BCUT2D eigenvalue weighted by Crippen LogP contribution is 2.37. The SMILES string of the molecule is CC1(C)OB(CC(=O)c2ccccc2F)OC1(C)C. The van der Waals surface area contributed by atoms with Gasteiger partial charge in [0.05, 0.1) is 16.8 Å². The van der Waals surface area contributed by atoms with Crippen molar-refractivity contribution in [3.8, 4) is 0 Å². The molecule has 0 aliphatic carbocycles. The summed E-state index contributed by atoms with van der Waals surface area (Å²) in [6.07, 6.45) is 0.0216. The maximum atomic E-state index is 13.5. The summed E-state index contributed by atoms with van der Waals surface area (Å²) >= 11 is 0. The molecule has 1 aromatic carbocycles. The minimum absolute atomic E-state index is 0.0216. The molecule has 1 aliphatic rings. The number of halogens is 1. The van der Waals surface area contributed by atoms with Crippen LogP contribution in [0.5, 0.6) is 0 Å². The van der Waals surface area contributed by atoms with Crippen LogP contribution >= 0.6 is 0 Å². The molecule has 102 valence electrons. The van der Waals surface area contributed by atoms with Crippen LogP contribution in [0.1, 0.15) is 38.1 Å². The second kappa shape index (κ2) is 4.73. The average Bonchev–Trinajstić information content (AvgIpc) is 2.47. The standard InChI is InChI=1S/C14H18BFO3/c1-13(2)14(3,4)19-15(18-13)9-12(17)10-7-5-6-8-11(10)16/h5-8H,9H2,1-4H3. The average molecular weight is 264 g/mol. The largest absolute Gasteiger partial charge is 0.465 e. The topological polar surface area (TPSA) is 35.5 Å². The van der Waals surface area contributed by atoms with E-state index >= 15 is 0 Å². The molecular weight excluding hydrogens is 246 g/mol. The molecule has 0 radical (unpaired) electrons. The molecule has 2 rings (SSSR count). The number of hydrogen-bond donors (Lipinski definition) is 0. The molecule has 0 bridgehead atoms. The zero-order valence-corrected chi connectivity index (χ0v) is 11.7. The molecule has 0 unspecified atom stereocenters. The summed E-state index contributed by atoms with van der Waals surface area (Å²) in [4.78, 5) is 12.0. The number of benzene rings is 1. The zero-order chi connectivity index (χ0) is 14.3. The van der Waals surface area contributed by atoms with E-state index in [4.69, 9.17) is 9.31 Å². The van der Waals surface area contributed by atoms with Gasteiger partial charge in [0.1, 0.15) is 5.82 Å². The first-order chi connectivity index (χ1) is 8.73. The van der Waals surface area contributed by atoms with E-state index in [1.807, 2.05) is 27.7 Å². The molecule has 1 aliphatic heterocycles. The van der Waals surface area contributed by atoms with Gasteiger partial charge in [-0.15, -0.1) is 0 Å². The van der Waals surface area contributed by atoms with Crippen LogP contribution in [-0.2, 0) is 9.31 Å². The predicted molar refractivity (Wildman–Crippen MR) is 71.6 cm³/mol. The number of hydrogen-bond acceptors (Lipinski definition) is 3. The Balaban J connectivity index is 2.08. The van der Waals surface area contributed by atoms with Crippen molar-refractivity contribution in [2.45, 2.75) is 45.2 Å². The normalized spacial score (nSPS) is 20.6. The molecule has 0 amide bonds. The smallest absolute Gasteiger partial charge is 0.403 e. The highest BCUT2D eigenvalue weighted by atomic mass is 19.1. The van der Waals surface area contributed by atoms with Crippen LogP contribution in [0.2, 0.25) is 6.32 Å². The van der Waals surface area contributed by atoms with Gasteiger partial charge in [-0.25, -0.2) is 4.39 Å². The molecule has 0 aromatic heterocycles. The summed E-state index contributed by atoms with van der Waals surface area (Å²) in [5.74, 6) is -0.819. The quantitative estimate of drug-likeness (QED) is 0.621. The summed E-state index contributed by atoms with van der Waals surface area (Å²) in [5.41, 5.74) is -0.877. The summed E-state index contributed by atoms with van der Waals surface area (Å²) in [7, 11) is -0.628. The molecule has 0 atom stereocenters. The van der Waals surface area contributed by atoms with Crippen molar-refractivity contribution >= 4 is 12.9 Å². The van der Waals surface area contributed by atoms with Crippen molar-refractivity contribution in [3.63, 3.8) is 0 Å². The summed E-state index contributed by atoms with van der Waals surface area (Å²) in [6, 6.07) is 5.95. The summed E-state index contributed by atoms with van der Waals surface area (Å²) in [5, 5.41) is 0. The molecule has 0 saturated carbocycles. The van der Waals surface area contributed by atoms with Crippen LogP contribution in [0.15, 0.2) is 24.3 Å². The van der Waals surface area contributed by atoms with Crippen molar-refractivity contribution in [2.24, 2.45) is 0 Å². The van der Waals surface area contributed by atoms with Gasteiger partial charge >= 0.3 is 7.12 Å². The highest BCUT2D eigenvalue weighted by Gasteiger charge is 2.51. The van der Waals surface area contributed by atoms with Crippen molar-refractivity contribution in [3.05, 3.63) is 35.6 Å². The lowest BCUT2D eigenvalue weighted by molar-refractivity contribution is 0.00578. The van der Waals surface area contributed by atoms with Crippen molar-refractivity contribution in [2.75, 3.05) is 0 Å². The van der Waals surface area contributed by atoms with E-state index in [-0.39, 0.29) is 17.7 Å². The number of carbonyl (C=O) groups is 1. The van der Waals surface area contributed by atoms with Crippen LogP contribution < -0.4 is 0 Å². The van der Waals surface area contributed by atoms with E-state index in [0.717, 1.165) is 0 Å². The molecule has 0 N–H and O–H groups in total. The third kappa shape index (κ3) is 2.72. The summed E-state index contributed by atoms with van der Waals surface area (Å²) < 4.78 is 25.0. The minimum atomic E-state index is -0.628. The fourth-order valence-corrected chi connectivity index (χ4v) is 2.00. The van der Waals surface area contributed by atoms with Crippen molar-refractivity contribution in [1.29, 1.82) is 0 Å². The van der Waals surface area contributed by atoms with Crippen LogP contribution in [0.25, 0.3) is 0 Å². The number of ketones is 1. The van der Waals surface area contributed by atoms with E-state index in [9.17, 15) is 9.18 Å². The maximum Gasteiger partial charge on any atom is 0.465 e. The van der Waals surface area contributed by atoms with Crippen molar-refractivity contribution in [1.82, 2.24) is 0 Å². The molecule has 3 nitrogen and oxygen atoms in total. The molecule has 1 saturated heterocycles. The van der Waals surface area contributed by atoms with Gasteiger partial charge in [0, 0.05) is 6.32 Å². The minimum Gasteiger partial charge on any atom is -0.403 e. The number of Topliss-reactive ketones (excluding diaryl/α,β-unsaturated/α-hetero) is 1. The van der Waals surface area contributed by atoms with Crippen molar-refractivity contribution < 1.29 is 18.5 Å². The third-order valence-electron chi connectivity index (χ3n) is 3.83. The van der Waals surface area contributed by atoms with E-state index < -0.39 is 24.1 Å². The Hall–Kier alpha value is -1.20. The lowest BCUT2D eigenvalue weighted by Crippen LogP contribution is -2.41. The molecule has 0 spiro atoms. The molecular formula is C14H18BFO3. The first-order valence-electron chi connectivity index (χ1n) is 6.36. The Labute approximate surface area is 113 Å². The van der Waals surface area contributed by atoms with E-state index in [1.54, 1.807) is 12.1 Å². The molecule has 5 heteroatoms. The van der Waals surface area contributed by atoms with Crippen LogP contribution in [0.3, 0.4) is 0 Å². The molecule has 1 heterocycles. The van der Waals surface area contributed by atoms with Crippen LogP contribution in [0.4, 0.5) is 4.39 Å². The fraction of sp³-hybridized carbons (Fsp3) is 0.500. The maximum absolute atomic E-state index is 13.5. The van der Waals surface area contributed by atoms with Gasteiger partial charge in [0.25, 0.3) is 0 Å². The Bertz CT molecular complexity index is 483. The van der Waals surface area contributed by atoms with E-state index in [1.165, 1.54) is 12.1 Å². The van der Waals surface area contributed by atoms with E-state index in [2.05, 4.69) is 0 Å². The van der Waals surface area contributed by atoms with E-state index in [0.29, 0.717) is 0 Å².